The van der Waals surface area contributed by atoms with Gasteiger partial charge in [-0.25, -0.2) is 4.79 Å². The normalized spacial score (nSPS) is 17.4. The second-order valence-corrected chi connectivity index (χ2v) is 5.53. The van der Waals surface area contributed by atoms with Crippen LogP contribution < -0.4 is 11.1 Å². The van der Waals surface area contributed by atoms with E-state index in [2.05, 4.69) is 5.32 Å². The van der Waals surface area contributed by atoms with Gasteiger partial charge in [-0.2, -0.15) is 0 Å². The van der Waals surface area contributed by atoms with Crippen molar-refractivity contribution in [1.29, 1.82) is 0 Å². The van der Waals surface area contributed by atoms with Crippen LogP contribution in [-0.4, -0.2) is 24.8 Å². The van der Waals surface area contributed by atoms with Crippen molar-refractivity contribution >= 4 is 6.09 Å². The van der Waals surface area contributed by atoms with E-state index < -0.39 is 0 Å². The van der Waals surface area contributed by atoms with Gasteiger partial charge in [-0.1, -0.05) is 49.6 Å². The maximum Gasteiger partial charge on any atom is 0.407 e. The number of nitrogens with two attached hydrogens (primary N) is 1. The monoisotopic (exact) mass is 276 g/mol. The van der Waals surface area contributed by atoms with Crippen molar-refractivity contribution in [2.45, 2.75) is 50.6 Å². The lowest BCUT2D eigenvalue weighted by atomic mass is 9.96. The van der Waals surface area contributed by atoms with Crippen molar-refractivity contribution in [3.63, 3.8) is 0 Å². The summed E-state index contributed by atoms with van der Waals surface area (Å²) in [4.78, 5) is 11.7. The number of nitrogens with one attached hydrogen (secondary N) is 1. The zero-order valence-corrected chi connectivity index (χ0v) is 11.9. The van der Waals surface area contributed by atoms with E-state index in [9.17, 15) is 4.79 Å². The largest absolute Gasteiger partial charge is 0.448 e. The van der Waals surface area contributed by atoms with Crippen LogP contribution in [0.3, 0.4) is 0 Å². The number of carbonyl (C=O) groups is 1. The van der Waals surface area contributed by atoms with Gasteiger partial charge in [0.2, 0.25) is 0 Å². The summed E-state index contributed by atoms with van der Waals surface area (Å²) in [5.74, 6) is 0. The molecule has 1 fully saturated rings. The van der Waals surface area contributed by atoms with Crippen molar-refractivity contribution < 1.29 is 9.53 Å². The minimum Gasteiger partial charge on any atom is -0.448 e. The quantitative estimate of drug-likeness (QED) is 0.869. The Balaban J connectivity index is 1.64. The van der Waals surface area contributed by atoms with Crippen molar-refractivity contribution in [3.05, 3.63) is 35.9 Å². The average Bonchev–Trinajstić information content (AvgIpc) is 2.47. The highest BCUT2D eigenvalue weighted by atomic mass is 16.5. The van der Waals surface area contributed by atoms with E-state index >= 15 is 0 Å². The summed E-state index contributed by atoms with van der Waals surface area (Å²) < 4.78 is 5.20. The maximum absolute atomic E-state index is 11.7. The maximum atomic E-state index is 11.7. The van der Waals surface area contributed by atoms with E-state index in [1.165, 1.54) is 19.3 Å². The van der Waals surface area contributed by atoms with E-state index in [1.54, 1.807) is 0 Å². The lowest BCUT2D eigenvalue weighted by molar-refractivity contribution is 0.132. The average molecular weight is 276 g/mol. The molecule has 1 aliphatic rings. The molecule has 1 unspecified atom stereocenters. The van der Waals surface area contributed by atoms with Crippen molar-refractivity contribution in [3.8, 4) is 0 Å². The van der Waals surface area contributed by atoms with Gasteiger partial charge >= 0.3 is 6.09 Å². The standard InChI is InChI=1S/C16H24N2O2/c17-14(11-13-7-3-1-4-8-13)12-20-16(19)18-15-9-5-2-6-10-15/h1,3-4,7-8,14-15H,2,5-6,9-12,17H2,(H,18,19). The summed E-state index contributed by atoms with van der Waals surface area (Å²) in [5.41, 5.74) is 7.15. The van der Waals surface area contributed by atoms with Gasteiger partial charge in [-0.3, -0.25) is 0 Å². The van der Waals surface area contributed by atoms with Gasteiger partial charge in [-0.15, -0.1) is 0 Å². The van der Waals surface area contributed by atoms with Gasteiger partial charge in [0.25, 0.3) is 0 Å². The number of carbonyl (C=O) groups excluding carboxylic acids is 1. The van der Waals surface area contributed by atoms with Crippen LogP contribution in [0.5, 0.6) is 0 Å². The fraction of sp³-hybridized carbons (Fsp3) is 0.562. The van der Waals surface area contributed by atoms with E-state index in [0.29, 0.717) is 0 Å². The van der Waals surface area contributed by atoms with Crippen LogP contribution in [0, 0.1) is 0 Å². The summed E-state index contributed by atoms with van der Waals surface area (Å²) in [6, 6.07) is 10.1. The van der Waals surface area contributed by atoms with Gasteiger partial charge in [0.05, 0.1) is 0 Å². The molecule has 4 nitrogen and oxygen atoms in total. The number of alkyl carbamates (subject to hydrolysis) is 1. The molecule has 2 rings (SSSR count). The van der Waals surface area contributed by atoms with E-state index in [4.69, 9.17) is 10.5 Å². The molecule has 1 atom stereocenters. The van der Waals surface area contributed by atoms with Gasteiger partial charge in [0, 0.05) is 12.1 Å². The topological polar surface area (TPSA) is 64.3 Å². The molecule has 3 N–H and O–H groups in total. The number of ether oxygens (including phenoxy) is 1. The van der Waals surface area contributed by atoms with Crippen molar-refractivity contribution in [2.24, 2.45) is 5.73 Å². The van der Waals surface area contributed by atoms with Gasteiger partial charge in [0.15, 0.2) is 0 Å². The van der Waals surface area contributed by atoms with Crippen LogP contribution in [0.25, 0.3) is 0 Å². The molecule has 20 heavy (non-hydrogen) atoms. The molecule has 1 amide bonds. The molecule has 0 radical (unpaired) electrons. The first-order valence-electron chi connectivity index (χ1n) is 7.47. The number of rotatable bonds is 5. The van der Waals surface area contributed by atoms with Crippen LogP contribution in [0.15, 0.2) is 30.3 Å². The Morgan fingerprint density at radius 2 is 1.95 bits per heavy atom. The molecule has 0 spiro atoms. The third kappa shape index (κ3) is 5.21. The Morgan fingerprint density at radius 3 is 2.65 bits per heavy atom. The van der Waals surface area contributed by atoms with Gasteiger partial charge in [-0.05, 0) is 24.8 Å². The summed E-state index contributed by atoms with van der Waals surface area (Å²) in [6.07, 6.45) is 6.17. The first-order valence-corrected chi connectivity index (χ1v) is 7.47. The fourth-order valence-corrected chi connectivity index (χ4v) is 2.61. The van der Waals surface area contributed by atoms with Crippen LogP contribution in [0.4, 0.5) is 4.79 Å². The van der Waals surface area contributed by atoms with Crippen molar-refractivity contribution in [1.82, 2.24) is 5.32 Å². The van der Waals surface area contributed by atoms with Crippen LogP contribution in [0.2, 0.25) is 0 Å². The third-order valence-corrected chi connectivity index (χ3v) is 3.70. The summed E-state index contributed by atoms with van der Waals surface area (Å²) in [6.45, 7) is 0.257. The zero-order valence-electron chi connectivity index (χ0n) is 11.9. The lowest BCUT2D eigenvalue weighted by Crippen LogP contribution is -2.39. The Morgan fingerprint density at radius 1 is 1.25 bits per heavy atom. The smallest absolute Gasteiger partial charge is 0.407 e. The summed E-state index contributed by atoms with van der Waals surface area (Å²) >= 11 is 0. The minimum absolute atomic E-state index is 0.158. The highest BCUT2D eigenvalue weighted by Crippen LogP contribution is 2.17. The number of benzene rings is 1. The molecule has 1 aromatic rings. The van der Waals surface area contributed by atoms with Crippen LogP contribution >= 0.6 is 0 Å². The molecule has 0 bridgehead atoms. The molecule has 0 aromatic heterocycles. The molecule has 1 aromatic carbocycles. The summed E-state index contributed by atoms with van der Waals surface area (Å²) in [7, 11) is 0. The zero-order chi connectivity index (χ0) is 14.2. The second-order valence-electron chi connectivity index (χ2n) is 5.53. The van der Waals surface area contributed by atoms with Crippen LogP contribution in [-0.2, 0) is 11.2 Å². The van der Waals surface area contributed by atoms with Gasteiger partial charge < -0.3 is 15.8 Å². The molecule has 4 heteroatoms. The molecule has 0 saturated heterocycles. The molecule has 1 aliphatic carbocycles. The predicted molar refractivity (Wildman–Crippen MR) is 79.5 cm³/mol. The molecule has 1 saturated carbocycles. The SMILES string of the molecule is NC(COC(=O)NC1CCCCC1)Cc1ccccc1. The van der Waals surface area contributed by atoms with Gasteiger partial charge in [0.1, 0.15) is 6.61 Å². The Kier molecular flexibility index (Phi) is 5.87. The molecule has 110 valence electrons. The molecule has 0 aliphatic heterocycles. The van der Waals surface area contributed by atoms with Crippen LogP contribution in [0.1, 0.15) is 37.7 Å². The highest BCUT2D eigenvalue weighted by molar-refractivity contribution is 5.67. The first kappa shape index (κ1) is 14.9. The molecule has 0 heterocycles. The van der Waals surface area contributed by atoms with E-state index in [1.807, 2.05) is 30.3 Å². The Labute approximate surface area is 120 Å². The van der Waals surface area contributed by atoms with E-state index in [0.717, 1.165) is 24.8 Å². The number of amides is 1. The Hall–Kier alpha value is -1.55. The number of hydrogen-bond acceptors (Lipinski definition) is 3. The predicted octanol–water partition coefficient (Wildman–Crippen LogP) is 2.62. The fourth-order valence-electron chi connectivity index (χ4n) is 2.61. The molecular weight excluding hydrogens is 252 g/mol. The number of hydrogen-bond donors (Lipinski definition) is 2. The summed E-state index contributed by atoms with van der Waals surface area (Å²) in [5, 5.41) is 2.92. The second kappa shape index (κ2) is 7.90. The van der Waals surface area contributed by atoms with E-state index in [-0.39, 0.29) is 24.8 Å². The lowest BCUT2D eigenvalue weighted by Gasteiger charge is -2.22. The minimum atomic E-state index is -0.333. The highest BCUT2D eigenvalue weighted by Gasteiger charge is 2.16. The van der Waals surface area contributed by atoms with Crippen molar-refractivity contribution in [2.75, 3.05) is 6.61 Å². The Bertz CT molecular complexity index is 402. The molecular formula is C16H24N2O2. The third-order valence-electron chi connectivity index (χ3n) is 3.70. The first-order chi connectivity index (χ1) is 9.74.